The maximum absolute atomic E-state index is 10.5. The van der Waals surface area contributed by atoms with Gasteiger partial charge in [0.25, 0.3) is 5.69 Å². The molecule has 4 nitrogen and oxygen atoms in total. The summed E-state index contributed by atoms with van der Waals surface area (Å²) in [4.78, 5) is 10.1. The Morgan fingerprint density at radius 3 is 2.25 bits per heavy atom. The number of nitro groups is 1. The van der Waals surface area contributed by atoms with E-state index in [2.05, 4.69) is 0 Å². The number of rotatable bonds is 5. The standard InChI is InChI=1S/C12H17NO3/c1-9(2)16-10(3)8-11-4-6-12(7-5-11)13(14)15/h4-7,9-10H,8H2,1-3H3. The summed E-state index contributed by atoms with van der Waals surface area (Å²) in [7, 11) is 0. The first-order chi connectivity index (χ1) is 7.49. The first-order valence-electron chi connectivity index (χ1n) is 5.38. The Bertz CT molecular complexity index is 346. The van der Waals surface area contributed by atoms with Crippen LogP contribution in [0.1, 0.15) is 26.3 Å². The largest absolute Gasteiger partial charge is 0.376 e. The summed E-state index contributed by atoms with van der Waals surface area (Å²) in [6.45, 7) is 5.99. The highest BCUT2D eigenvalue weighted by atomic mass is 16.6. The van der Waals surface area contributed by atoms with E-state index in [1.165, 1.54) is 12.1 Å². The minimum atomic E-state index is -0.391. The highest BCUT2D eigenvalue weighted by Gasteiger charge is 2.08. The smallest absolute Gasteiger partial charge is 0.269 e. The van der Waals surface area contributed by atoms with Crippen LogP contribution in [-0.4, -0.2) is 17.1 Å². The van der Waals surface area contributed by atoms with Gasteiger partial charge in [-0.3, -0.25) is 10.1 Å². The van der Waals surface area contributed by atoms with Gasteiger partial charge >= 0.3 is 0 Å². The molecule has 88 valence electrons. The van der Waals surface area contributed by atoms with E-state index in [0.29, 0.717) is 0 Å². The third kappa shape index (κ3) is 3.98. The molecule has 0 saturated carbocycles. The molecule has 1 atom stereocenters. The van der Waals surface area contributed by atoms with E-state index in [1.807, 2.05) is 20.8 Å². The molecule has 0 aliphatic rings. The Hall–Kier alpha value is -1.42. The Labute approximate surface area is 95.4 Å². The number of nitrogens with zero attached hydrogens (tertiary/aromatic N) is 1. The SMILES string of the molecule is CC(C)OC(C)Cc1ccc([N+](=O)[O-])cc1. The minimum absolute atomic E-state index is 0.126. The summed E-state index contributed by atoms with van der Waals surface area (Å²) in [6, 6.07) is 6.60. The molecule has 0 saturated heterocycles. The first-order valence-corrected chi connectivity index (χ1v) is 5.38. The summed E-state index contributed by atoms with van der Waals surface area (Å²) in [6.07, 6.45) is 1.10. The zero-order chi connectivity index (χ0) is 12.1. The summed E-state index contributed by atoms with van der Waals surface area (Å²) in [5.41, 5.74) is 1.18. The molecule has 1 aromatic rings. The molecule has 0 N–H and O–H groups in total. The van der Waals surface area contributed by atoms with Gasteiger partial charge in [-0.15, -0.1) is 0 Å². The molecule has 1 rings (SSSR count). The molecule has 0 heterocycles. The molecule has 4 heteroatoms. The average Bonchev–Trinajstić information content (AvgIpc) is 2.16. The number of hydrogen-bond acceptors (Lipinski definition) is 3. The summed E-state index contributed by atoms with van der Waals surface area (Å²) < 4.78 is 5.60. The van der Waals surface area contributed by atoms with E-state index in [-0.39, 0.29) is 17.9 Å². The van der Waals surface area contributed by atoms with Crippen LogP contribution in [0.25, 0.3) is 0 Å². The second-order valence-corrected chi connectivity index (χ2v) is 4.12. The molecule has 1 aromatic carbocycles. The van der Waals surface area contributed by atoms with Crippen LogP contribution in [0.3, 0.4) is 0 Å². The molecule has 0 aromatic heterocycles. The minimum Gasteiger partial charge on any atom is -0.376 e. The van der Waals surface area contributed by atoms with Crippen molar-refractivity contribution < 1.29 is 9.66 Å². The van der Waals surface area contributed by atoms with E-state index >= 15 is 0 Å². The van der Waals surface area contributed by atoms with Crippen LogP contribution in [0.4, 0.5) is 5.69 Å². The van der Waals surface area contributed by atoms with Crippen LogP contribution in [0.2, 0.25) is 0 Å². The van der Waals surface area contributed by atoms with Gasteiger partial charge in [0.15, 0.2) is 0 Å². The van der Waals surface area contributed by atoms with Crippen LogP contribution < -0.4 is 0 Å². The lowest BCUT2D eigenvalue weighted by molar-refractivity contribution is -0.384. The van der Waals surface area contributed by atoms with E-state index in [1.54, 1.807) is 12.1 Å². The maximum Gasteiger partial charge on any atom is 0.269 e. The molecule has 0 bridgehead atoms. The predicted octanol–water partition coefficient (Wildman–Crippen LogP) is 2.95. The highest BCUT2D eigenvalue weighted by Crippen LogP contribution is 2.14. The van der Waals surface area contributed by atoms with Crippen LogP contribution in [0.5, 0.6) is 0 Å². The van der Waals surface area contributed by atoms with Gasteiger partial charge in [-0.1, -0.05) is 12.1 Å². The van der Waals surface area contributed by atoms with E-state index in [0.717, 1.165) is 12.0 Å². The van der Waals surface area contributed by atoms with Gasteiger partial charge in [0.2, 0.25) is 0 Å². The van der Waals surface area contributed by atoms with Crippen molar-refractivity contribution >= 4 is 5.69 Å². The van der Waals surface area contributed by atoms with Gasteiger partial charge < -0.3 is 4.74 Å². The molecule has 16 heavy (non-hydrogen) atoms. The fourth-order valence-electron chi connectivity index (χ4n) is 1.60. The normalized spacial score (nSPS) is 12.8. The van der Waals surface area contributed by atoms with Crippen LogP contribution >= 0.6 is 0 Å². The van der Waals surface area contributed by atoms with Gasteiger partial charge in [0.1, 0.15) is 0 Å². The zero-order valence-electron chi connectivity index (χ0n) is 9.84. The molecule has 0 aliphatic carbocycles. The topological polar surface area (TPSA) is 52.4 Å². The monoisotopic (exact) mass is 223 g/mol. The predicted molar refractivity (Wildman–Crippen MR) is 62.5 cm³/mol. The summed E-state index contributed by atoms with van der Waals surface area (Å²) >= 11 is 0. The molecular weight excluding hydrogens is 206 g/mol. The van der Waals surface area contributed by atoms with Gasteiger partial charge in [0.05, 0.1) is 17.1 Å². The van der Waals surface area contributed by atoms with Gasteiger partial charge in [0, 0.05) is 12.1 Å². The molecule has 0 radical (unpaired) electrons. The molecule has 0 spiro atoms. The molecule has 0 aliphatic heterocycles. The third-order valence-electron chi connectivity index (χ3n) is 2.17. The maximum atomic E-state index is 10.5. The Kier molecular flexibility index (Phi) is 4.43. The fraction of sp³-hybridized carbons (Fsp3) is 0.500. The van der Waals surface area contributed by atoms with Crippen molar-refractivity contribution in [1.82, 2.24) is 0 Å². The van der Waals surface area contributed by atoms with Crippen molar-refractivity contribution in [2.75, 3.05) is 0 Å². The summed E-state index contributed by atoms with van der Waals surface area (Å²) in [5.74, 6) is 0. The van der Waals surface area contributed by atoms with Crippen LogP contribution in [-0.2, 0) is 11.2 Å². The van der Waals surface area contributed by atoms with Crippen LogP contribution in [0.15, 0.2) is 24.3 Å². The van der Waals surface area contributed by atoms with Gasteiger partial charge in [-0.05, 0) is 32.8 Å². The third-order valence-corrected chi connectivity index (χ3v) is 2.17. The Morgan fingerprint density at radius 2 is 1.81 bits per heavy atom. The number of benzene rings is 1. The molecular formula is C12H17NO3. The van der Waals surface area contributed by atoms with Crippen molar-refractivity contribution in [3.05, 3.63) is 39.9 Å². The van der Waals surface area contributed by atoms with Gasteiger partial charge in [-0.2, -0.15) is 0 Å². The average molecular weight is 223 g/mol. The Morgan fingerprint density at radius 1 is 1.25 bits per heavy atom. The van der Waals surface area contributed by atoms with E-state index in [9.17, 15) is 10.1 Å². The van der Waals surface area contributed by atoms with Crippen molar-refractivity contribution in [1.29, 1.82) is 0 Å². The van der Waals surface area contributed by atoms with Crippen molar-refractivity contribution in [3.8, 4) is 0 Å². The molecule has 0 fully saturated rings. The van der Waals surface area contributed by atoms with Gasteiger partial charge in [-0.25, -0.2) is 0 Å². The highest BCUT2D eigenvalue weighted by molar-refractivity contribution is 5.33. The van der Waals surface area contributed by atoms with Crippen LogP contribution in [0, 0.1) is 10.1 Å². The second-order valence-electron chi connectivity index (χ2n) is 4.12. The van der Waals surface area contributed by atoms with Crippen molar-refractivity contribution in [3.63, 3.8) is 0 Å². The molecule has 1 unspecified atom stereocenters. The van der Waals surface area contributed by atoms with Crippen molar-refractivity contribution in [2.24, 2.45) is 0 Å². The fourth-order valence-corrected chi connectivity index (χ4v) is 1.60. The number of nitro benzene ring substituents is 1. The van der Waals surface area contributed by atoms with E-state index < -0.39 is 4.92 Å². The molecule has 0 amide bonds. The summed E-state index contributed by atoms with van der Waals surface area (Å²) in [5, 5.41) is 10.5. The lowest BCUT2D eigenvalue weighted by Gasteiger charge is -2.15. The zero-order valence-corrected chi connectivity index (χ0v) is 9.84. The first kappa shape index (κ1) is 12.6. The lowest BCUT2D eigenvalue weighted by Crippen LogP contribution is -2.16. The number of hydrogen-bond donors (Lipinski definition) is 0. The van der Waals surface area contributed by atoms with E-state index in [4.69, 9.17) is 4.74 Å². The Balaban J connectivity index is 2.58. The number of non-ortho nitro benzene ring substituents is 1. The lowest BCUT2D eigenvalue weighted by atomic mass is 10.1. The van der Waals surface area contributed by atoms with Crippen molar-refractivity contribution in [2.45, 2.75) is 39.4 Å². The second kappa shape index (κ2) is 5.61. The quantitative estimate of drug-likeness (QED) is 0.569. The number of ether oxygens (including phenoxy) is 1.